The van der Waals surface area contributed by atoms with E-state index in [1.165, 1.54) is 0 Å². The molecule has 2 fully saturated rings. The lowest BCUT2D eigenvalue weighted by Crippen LogP contribution is -2.33. The number of benzene rings is 1. The molecule has 1 aromatic carbocycles. The van der Waals surface area contributed by atoms with E-state index in [0.717, 1.165) is 24.2 Å². The first-order valence-electron chi connectivity index (χ1n) is 7.38. The second-order valence-electron chi connectivity index (χ2n) is 5.83. The van der Waals surface area contributed by atoms with Crippen LogP contribution in [0.15, 0.2) is 24.3 Å². The molecule has 4 atom stereocenters. The molecule has 20 heavy (non-hydrogen) atoms. The van der Waals surface area contributed by atoms with Gasteiger partial charge in [0.2, 0.25) is 5.91 Å². The summed E-state index contributed by atoms with van der Waals surface area (Å²) in [6, 6.07) is 8.35. The van der Waals surface area contributed by atoms with Crippen LogP contribution in [0.3, 0.4) is 0 Å². The second kappa shape index (κ2) is 5.09. The van der Waals surface area contributed by atoms with Gasteiger partial charge in [0.05, 0.1) is 13.2 Å². The fourth-order valence-electron chi connectivity index (χ4n) is 3.03. The van der Waals surface area contributed by atoms with Crippen molar-refractivity contribution >= 4 is 5.91 Å². The number of hydrogen-bond donors (Lipinski definition) is 1. The van der Waals surface area contributed by atoms with Gasteiger partial charge in [0.25, 0.3) is 0 Å². The molecule has 1 heterocycles. The average molecular weight is 274 g/mol. The molecule has 0 aromatic heterocycles. The number of rotatable bonds is 4. The van der Waals surface area contributed by atoms with E-state index in [-0.39, 0.29) is 18.1 Å². The molecule has 1 aliphatic carbocycles. The van der Waals surface area contributed by atoms with Crippen LogP contribution < -0.4 is 10.1 Å². The van der Waals surface area contributed by atoms with Crippen LogP contribution >= 0.6 is 0 Å². The minimum absolute atomic E-state index is 0.00769. The average Bonchev–Trinajstić information content (AvgIpc) is 3.09. The number of nitrogens with zero attached hydrogens (tertiary/aromatic N) is 1. The van der Waals surface area contributed by atoms with E-state index < -0.39 is 0 Å². The number of carbonyl (C=O) groups excluding carboxylic acids is 1. The Morgan fingerprint density at radius 2 is 2.00 bits per heavy atom. The molecule has 2 aliphatic rings. The summed E-state index contributed by atoms with van der Waals surface area (Å²) in [4.78, 5) is 14.6. The van der Waals surface area contributed by atoms with Crippen molar-refractivity contribution in [1.29, 1.82) is 0 Å². The summed E-state index contributed by atoms with van der Waals surface area (Å²) in [6.45, 7) is 4.27. The van der Waals surface area contributed by atoms with Gasteiger partial charge in [-0.05, 0) is 36.5 Å². The third kappa shape index (κ3) is 2.18. The number of hydrogen-bond acceptors (Lipinski definition) is 3. The highest BCUT2D eigenvalue weighted by molar-refractivity contribution is 5.85. The third-order valence-electron chi connectivity index (χ3n) is 4.45. The van der Waals surface area contributed by atoms with Gasteiger partial charge in [0.1, 0.15) is 11.9 Å². The number of methoxy groups -OCH3 is 1. The molecule has 0 radical (unpaired) electrons. The normalized spacial score (nSPS) is 32.5. The molecule has 1 N–H and O–H groups in total. The molecule has 4 heteroatoms. The minimum Gasteiger partial charge on any atom is -0.497 e. The topological polar surface area (TPSA) is 41.6 Å². The zero-order valence-electron chi connectivity index (χ0n) is 12.3. The van der Waals surface area contributed by atoms with Crippen molar-refractivity contribution in [3.63, 3.8) is 0 Å². The lowest BCUT2D eigenvalue weighted by molar-refractivity contribution is -0.130. The number of nitrogens with one attached hydrogen (secondary N) is 1. The van der Waals surface area contributed by atoms with Crippen LogP contribution in [-0.4, -0.2) is 30.0 Å². The van der Waals surface area contributed by atoms with Crippen LogP contribution in [0, 0.1) is 5.92 Å². The monoisotopic (exact) mass is 274 g/mol. The fourth-order valence-corrected chi connectivity index (χ4v) is 3.03. The van der Waals surface area contributed by atoms with E-state index in [1.54, 1.807) is 7.11 Å². The second-order valence-corrected chi connectivity index (χ2v) is 5.83. The molecular formula is C16H22N2O2. The SMILES string of the molecule is CCC1NC(c2ccc(OC)cc2)N(C2CC2C)C1=O. The van der Waals surface area contributed by atoms with E-state index in [9.17, 15) is 4.79 Å². The largest absolute Gasteiger partial charge is 0.497 e. The Hall–Kier alpha value is -1.55. The molecule has 0 spiro atoms. The van der Waals surface area contributed by atoms with Crippen molar-refractivity contribution in [2.24, 2.45) is 5.92 Å². The molecular weight excluding hydrogens is 252 g/mol. The highest BCUT2D eigenvalue weighted by atomic mass is 16.5. The van der Waals surface area contributed by atoms with Gasteiger partial charge in [0.15, 0.2) is 0 Å². The fraction of sp³-hybridized carbons (Fsp3) is 0.562. The lowest BCUT2D eigenvalue weighted by atomic mass is 10.1. The summed E-state index contributed by atoms with van der Waals surface area (Å²) in [5.41, 5.74) is 1.13. The van der Waals surface area contributed by atoms with Gasteiger partial charge in [0, 0.05) is 6.04 Å². The number of carbonyl (C=O) groups is 1. The van der Waals surface area contributed by atoms with Crippen LogP contribution in [0.25, 0.3) is 0 Å². The van der Waals surface area contributed by atoms with Crippen molar-refractivity contribution in [2.45, 2.75) is 44.9 Å². The Labute approximate surface area is 120 Å². The highest BCUT2D eigenvalue weighted by Crippen LogP contribution is 2.42. The molecule has 4 unspecified atom stereocenters. The summed E-state index contributed by atoms with van der Waals surface area (Å²) in [5, 5.41) is 3.47. The summed E-state index contributed by atoms with van der Waals surface area (Å²) >= 11 is 0. The van der Waals surface area contributed by atoms with Gasteiger partial charge in [-0.25, -0.2) is 0 Å². The number of ether oxygens (including phenoxy) is 1. The first-order chi connectivity index (χ1) is 9.65. The summed E-state index contributed by atoms with van der Waals surface area (Å²) in [5.74, 6) is 1.72. The smallest absolute Gasteiger partial charge is 0.241 e. The van der Waals surface area contributed by atoms with Gasteiger partial charge in [-0.1, -0.05) is 26.0 Å². The van der Waals surface area contributed by atoms with Crippen molar-refractivity contribution in [2.75, 3.05) is 7.11 Å². The van der Waals surface area contributed by atoms with Gasteiger partial charge in [-0.15, -0.1) is 0 Å². The van der Waals surface area contributed by atoms with Crippen molar-refractivity contribution < 1.29 is 9.53 Å². The molecule has 3 rings (SSSR count). The molecule has 1 aromatic rings. The van der Waals surface area contributed by atoms with Crippen molar-refractivity contribution in [3.8, 4) is 5.75 Å². The maximum Gasteiger partial charge on any atom is 0.241 e. The molecule has 108 valence electrons. The van der Waals surface area contributed by atoms with Crippen LogP contribution in [0.5, 0.6) is 5.75 Å². The van der Waals surface area contributed by atoms with Crippen LogP contribution in [0.2, 0.25) is 0 Å². The Morgan fingerprint density at radius 1 is 1.35 bits per heavy atom. The van der Waals surface area contributed by atoms with E-state index in [0.29, 0.717) is 12.0 Å². The molecule has 1 saturated heterocycles. The first-order valence-corrected chi connectivity index (χ1v) is 7.38. The Morgan fingerprint density at radius 3 is 2.50 bits per heavy atom. The van der Waals surface area contributed by atoms with Crippen LogP contribution in [-0.2, 0) is 4.79 Å². The summed E-state index contributed by atoms with van der Waals surface area (Å²) in [7, 11) is 1.66. The predicted molar refractivity (Wildman–Crippen MR) is 77.4 cm³/mol. The van der Waals surface area contributed by atoms with E-state index >= 15 is 0 Å². The van der Waals surface area contributed by atoms with Crippen molar-refractivity contribution in [1.82, 2.24) is 10.2 Å². The van der Waals surface area contributed by atoms with Crippen molar-refractivity contribution in [3.05, 3.63) is 29.8 Å². The third-order valence-corrected chi connectivity index (χ3v) is 4.45. The van der Waals surface area contributed by atoms with Crippen LogP contribution in [0.1, 0.15) is 38.4 Å². The molecule has 4 nitrogen and oxygen atoms in total. The lowest BCUT2D eigenvalue weighted by Gasteiger charge is -2.25. The standard InChI is InChI=1S/C16H22N2O2/c1-4-13-16(19)18(14-9-10(14)2)15(17-13)11-5-7-12(20-3)8-6-11/h5-8,10,13-15,17H,4,9H2,1-3H3. The predicted octanol–water partition coefficient (Wildman–Crippen LogP) is 2.31. The van der Waals surface area contributed by atoms with E-state index in [1.807, 2.05) is 24.3 Å². The Balaban J connectivity index is 1.87. The minimum atomic E-state index is -0.0464. The van der Waals surface area contributed by atoms with Gasteiger partial charge in [-0.2, -0.15) is 0 Å². The number of amides is 1. The van der Waals surface area contributed by atoms with E-state index in [2.05, 4.69) is 24.1 Å². The highest BCUT2D eigenvalue weighted by Gasteiger charge is 2.49. The van der Waals surface area contributed by atoms with Gasteiger partial charge in [-0.3, -0.25) is 10.1 Å². The Kier molecular flexibility index (Phi) is 3.42. The first kappa shape index (κ1) is 13.4. The van der Waals surface area contributed by atoms with Gasteiger partial charge < -0.3 is 9.64 Å². The zero-order valence-corrected chi connectivity index (χ0v) is 12.3. The quantitative estimate of drug-likeness (QED) is 0.916. The molecule has 0 bridgehead atoms. The molecule has 1 saturated carbocycles. The summed E-state index contributed by atoms with van der Waals surface area (Å²) in [6.07, 6.45) is 1.97. The van der Waals surface area contributed by atoms with Crippen LogP contribution in [0.4, 0.5) is 0 Å². The summed E-state index contributed by atoms with van der Waals surface area (Å²) < 4.78 is 5.20. The molecule has 1 aliphatic heterocycles. The maximum atomic E-state index is 12.5. The molecule has 1 amide bonds. The van der Waals surface area contributed by atoms with E-state index in [4.69, 9.17) is 4.74 Å². The Bertz CT molecular complexity index is 500. The maximum absolute atomic E-state index is 12.5. The zero-order chi connectivity index (χ0) is 14.3. The van der Waals surface area contributed by atoms with Gasteiger partial charge >= 0.3 is 0 Å².